The molecule has 0 aromatic carbocycles. The van der Waals surface area contributed by atoms with Gasteiger partial charge < -0.3 is 19.2 Å². The minimum absolute atomic E-state index is 0.0255. The van der Waals surface area contributed by atoms with Gasteiger partial charge in [-0.3, -0.25) is 9.59 Å². The van der Waals surface area contributed by atoms with E-state index in [1.807, 2.05) is 23.4 Å². The molecule has 0 bridgehead atoms. The molecule has 5 rings (SSSR count). The largest absolute Gasteiger partial charge is 0.381 e. The molecular weight excluding hydrogens is 394 g/mol. The van der Waals surface area contributed by atoms with Gasteiger partial charge in [-0.15, -0.1) is 0 Å². The summed E-state index contributed by atoms with van der Waals surface area (Å²) in [6.07, 6.45) is 10.1. The fourth-order valence-electron chi connectivity index (χ4n) is 4.69. The molecule has 2 aliphatic heterocycles. The van der Waals surface area contributed by atoms with E-state index < -0.39 is 0 Å². The lowest BCUT2D eigenvalue weighted by molar-refractivity contribution is 0.0690. The van der Waals surface area contributed by atoms with Crippen LogP contribution in [0.1, 0.15) is 47.6 Å². The van der Waals surface area contributed by atoms with Crippen molar-refractivity contribution >= 4 is 17.1 Å². The molecule has 162 valence electrons. The van der Waals surface area contributed by atoms with Crippen LogP contribution in [0.2, 0.25) is 0 Å². The molecule has 3 aromatic heterocycles. The number of aromatic nitrogens is 4. The maximum Gasteiger partial charge on any atom is 0.255 e. The van der Waals surface area contributed by atoms with Crippen LogP contribution >= 0.6 is 0 Å². The lowest BCUT2D eigenvalue weighted by Gasteiger charge is -2.32. The number of H-pyrrole nitrogens is 1. The minimum atomic E-state index is -0.0765. The zero-order valence-corrected chi connectivity index (χ0v) is 17.5. The summed E-state index contributed by atoms with van der Waals surface area (Å²) in [5.74, 6) is 0.545. The number of ether oxygens (including phenoxy) is 1. The highest BCUT2D eigenvalue weighted by Crippen LogP contribution is 2.26. The van der Waals surface area contributed by atoms with Crippen molar-refractivity contribution < 1.29 is 9.53 Å². The summed E-state index contributed by atoms with van der Waals surface area (Å²) in [6, 6.07) is 5.68. The first kappa shape index (κ1) is 19.9. The average molecular weight is 422 g/mol. The molecule has 0 spiro atoms. The van der Waals surface area contributed by atoms with E-state index in [1.165, 1.54) is 0 Å². The zero-order valence-electron chi connectivity index (χ0n) is 17.5. The number of fused-ring (bicyclic) bond motifs is 1. The fourth-order valence-corrected chi connectivity index (χ4v) is 4.69. The highest BCUT2D eigenvalue weighted by atomic mass is 16.5. The Bertz CT molecular complexity index is 1100. The van der Waals surface area contributed by atoms with Crippen LogP contribution in [0.4, 0.5) is 0 Å². The van der Waals surface area contributed by atoms with Gasteiger partial charge in [0, 0.05) is 50.8 Å². The lowest BCUT2D eigenvalue weighted by atomic mass is 9.90. The second-order valence-corrected chi connectivity index (χ2v) is 8.56. The molecule has 1 N–H and O–H groups in total. The van der Waals surface area contributed by atoms with Crippen molar-refractivity contribution in [1.29, 1.82) is 0 Å². The molecule has 2 aliphatic rings. The summed E-state index contributed by atoms with van der Waals surface area (Å²) >= 11 is 0. The Morgan fingerprint density at radius 2 is 1.94 bits per heavy atom. The summed E-state index contributed by atoms with van der Waals surface area (Å²) in [5.41, 5.74) is 3.27. The zero-order chi connectivity index (χ0) is 21.2. The van der Waals surface area contributed by atoms with Gasteiger partial charge in [-0.25, -0.2) is 9.97 Å². The van der Waals surface area contributed by atoms with Crippen molar-refractivity contribution in [2.75, 3.05) is 26.3 Å². The van der Waals surface area contributed by atoms with Crippen LogP contribution in [0.5, 0.6) is 0 Å². The van der Waals surface area contributed by atoms with Crippen LogP contribution in [-0.2, 0) is 11.2 Å². The van der Waals surface area contributed by atoms with Crippen LogP contribution in [0.15, 0.2) is 41.7 Å². The number of carbonyl (C=O) groups excluding carboxylic acids is 1. The SMILES string of the molecule is O=C(c1cnc2c(c1)ncn2C1CCOCC1)N1CCC(Cc2ccc(=O)[nH]c2)CC1. The van der Waals surface area contributed by atoms with E-state index in [0.717, 1.165) is 75.1 Å². The van der Waals surface area contributed by atoms with E-state index >= 15 is 0 Å². The Morgan fingerprint density at radius 1 is 1.13 bits per heavy atom. The molecule has 3 aromatic rings. The summed E-state index contributed by atoms with van der Waals surface area (Å²) < 4.78 is 7.57. The van der Waals surface area contributed by atoms with Crippen LogP contribution in [0.25, 0.3) is 11.2 Å². The maximum atomic E-state index is 13.0. The van der Waals surface area contributed by atoms with Crippen molar-refractivity contribution in [2.24, 2.45) is 5.92 Å². The number of likely N-dealkylation sites (tertiary alicyclic amines) is 1. The smallest absolute Gasteiger partial charge is 0.255 e. The topological polar surface area (TPSA) is 93.1 Å². The standard InChI is InChI=1S/C23H27N5O3/c29-21-2-1-17(13-24-21)11-16-3-7-27(8-4-16)23(30)18-12-20-22(25-14-18)28(15-26-20)19-5-9-31-10-6-19/h1-2,12-16,19H,3-11H2,(H,24,29). The Hall–Kier alpha value is -3.00. The Balaban J connectivity index is 1.23. The van der Waals surface area contributed by atoms with Crippen molar-refractivity contribution in [3.63, 3.8) is 0 Å². The summed E-state index contributed by atoms with van der Waals surface area (Å²) in [7, 11) is 0. The van der Waals surface area contributed by atoms with Gasteiger partial charge in [0.15, 0.2) is 5.65 Å². The number of nitrogens with zero attached hydrogens (tertiary/aromatic N) is 4. The van der Waals surface area contributed by atoms with E-state index in [4.69, 9.17) is 4.74 Å². The number of hydrogen-bond acceptors (Lipinski definition) is 5. The molecular formula is C23H27N5O3. The van der Waals surface area contributed by atoms with Gasteiger partial charge in [0.05, 0.1) is 11.9 Å². The lowest BCUT2D eigenvalue weighted by Crippen LogP contribution is -2.39. The van der Waals surface area contributed by atoms with Gasteiger partial charge in [-0.1, -0.05) is 6.07 Å². The first-order valence-electron chi connectivity index (χ1n) is 11.0. The minimum Gasteiger partial charge on any atom is -0.381 e. The van der Waals surface area contributed by atoms with Gasteiger partial charge in [0.2, 0.25) is 5.56 Å². The third kappa shape index (κ3) is 4.25. The van der Waals surface area contributed by atoms with Gasteiger partial charge >= 0.3 is 0 Å². The highest BCUT2D eigenvalue weighted by Gasteiger charge is 2.25. The highest BCUT2D eigenvalue weighted by molar-refractivity contribution is 5.96. The number of pyridine rings is 2. The Morgan fingerprint density at radius 3 is 2.68 bits per heavy atom. The third-order valence-corrected chi connectivity index (χ3v) is 6.52. The molecule has 2 saturated heterocycles. The molecule has 0 unspecified atom stereocenters. The van der Waals surface area contributed by atoms with Crippen molar-refractivity contribution in [3.05, 3.63) is 58.4 Å². The molecule has 0 aliphatic carbocycles. The molecule has 31 heavy (non-hydrogen) atoms. The van der Waals surface area contributed by atoms with Crippen LogP contribution in [0.3, 0.4) is 0 Å². The molecule has 2 fully saturated rings. The van der Waals surface area contributed by atoms with Crippen molar-refractivity contribution in [1.82, 2.24) is 24.4 Å². The van der Waals surface area contributed by atoms with E-state index in [2.05, 4.69) is 19.5 Å². The van der Waals surface area contributed by atoms with E-state index in [9.17, 15) is 9.59 Å². The molecule has 0 radical (unpaired) electrons. The number of rotatable bonds is 4. The predicted molar refractivity (Wildman–Crippen MR) is 116 cm³/mol. The van der Waals surface area contributed by atoms with Gasteiger partial charge in [0.25, 0.3) is 5.91 Å². The molecule has 1 amide bonds. The first-order chi connectivity index (χ1) is 15.2. The van der Waals surface area contributed by atoms with Crippen LogP contribution < -0.4 is 5.56 Å². The van der Waals surface area contributed by atoms with Crippen LogP contribution in [0, 0.1) is 5.92 Å². The Labute approximate surface area is 180 Å². The number of imidazole rings is 1. The molecule has 0 saturated carbocycles. The summed E-state index contributed by atoms with van der Waals surface area (Å²) in [5, 5.41) is 0. The second kappa shape index (κ2) is 8.63. The maximum absolute atomic E-state index is 13.0. The van der Waals surface area contributed by atoms with Crippen molar-refractivity contribution in [2.45, 2.75) is 38.1 Å². The van der Waals surface area contributed by atoms with Crippen LogP contribution in [-0.4, -0.2) is 56.6 Å². The van der Waals surface area contributed by atoms with Crippen molar-refractivity contribution in [3.8, 4) is 0 Å². The van der Waals surface area contributed by atoms with Gasteiger partial charge in [0.1, 0.15) is 5.52 Å². The Kier molecular flexibility index (Phi) is 5.55. The van der Waals surface area contributed by atoms with E-state index in [-0.39, 0.29) is 11.5 Å². The number of carbonyl (C=O) groups is 1. The number of aromatic amines is 1. The fraction of sp³-hybridized carbons (Fsp3) is 0.478. The quantitative estimate of drug-likeness (QED) is 0.699. The van der Waals surface area contributed by atoms with Gasteiger partial charge in [-0.2, -0.15) is 0 Å². The summed E-state index contributed by atoms with van der Waals surface area (Å²) in [6.45, 7) is 3.00. The number of piperidine rings is 1. The molecule has 0 atom stereocenters. The first-order valence-corrected chi connectivity index (χ1v) is 11.0. The third-order valence-electron chi connectivity index (χ3n) is 6.52. The van der Waals surface area contributed by atoms with E-state index in [0.29, 0.717) is 17.5 Å². The second-order valence-electron chi connectivity index (χ2n) is 8.56. The number of hydrogen-bond donors (Lipinski definition) is 1. The predicted octanol–water partition coefficient (Wildman–Crippen LogP) is 2.57. The molecule has 5 heterocycles. The van der Waals surface area contributed by atoms with Gasteiger partial charge in [-0.05, 0) is 49.7 Å². The summed E-state index contributed by atoms with van der Waals surface area (Å²) in [4.78, 5) is 38.0. The van der Waals surface area contributed by atoms with E-state index in [1.54, 1.807) is 18.5 Å². The monoisotopic (exact) mass is 421 g/mol. The molecule has 8 nitrogen and oxygen atoms in total. The normalized spacial score (nSPS) is 18.5. The number of amides is 1. The number of nitrogens with one attached hydrogen (secondary N) is 1. The average Bonchev–Trinajstić information content (AvgIpc) is 3.24. The molecule has 8 heteroatoms.